The first-order valence-electron chi connectivity index (χ1n) is 6.41. The molecular weight excluding hydrogens is 329 g/mol. The minimum absolute atomic E-state index is 0.0519. The van der Waals surface area contributed by atoms with Crippen LogP contribution in [0.25, 0.3) is 21.2 Å². The molecule has 0 fully saturated rings. The molecule has 0 atom stereocenters. The summed E-state index contributed by atoms with van der Waals surface area (Å²) in [6, 6.07) is 5.74. The lowest BCUT2D eigenvalue weighted by Crippen LogP contribution is -1.97. The molecule has 3 rings (SSSR count). The fourth-order valence-corrected chi connectivity index (χ4v) is 3.50. The molecule has 1 heterocycles. The molecule has 0 aliphatic rings. The normalized spacial score (nSPS) is 11.0. The smallest absolute Gasteiger partial charge is 0.346 e. The molecule has 0 saturated heterocycles. The van der Waals surface area contributed by atoms with Crippen molar-refractivity contribution in [1.82, 2.24) is 0 Å². The van der Waals surface area contributed by atoms with Gasteiger partial charge in [-0.3, -0.25) is 0 Å². The number of ether oxygens (including phenoxy) is 1. The molecule has 1 aromatic heterocycles. The van der Waals surface area contributed by atoms with E-state index in [0.29, 0.717) is 10.1 Å². The van der Waals surface area contributed by atoms with E-state index in [9.17, 15) is 23.1 Å². The van der Waals surface area contributed by atoms with Crippen molar-refractivity contribution in [3.8, 4) is 16.9 Å². The summed E-state index contributed by atoms with van der Waals surface area (Å²) in [5, 5.41) is 9.76. The SMILES string of the molecule is COc1c(F)cc(-c2c(C(=O)O)sc3cc(F)ccc23)cc1F. The predicted octanol–water partition coefficient (Wildman–Crippen LogP) is 4.69. The first kappa shape index (κ1) is 15.4. The number of hydrogen-bond donors (Lipinski definition) is 1. The van der Waals surface area contributed by atoms with Gasteiger partial charge in [0, 0.05) is 15.6 Å². The van der Waals surface area contributed by atoms with E-state index in [1.165, 1.54) is 18.2 Å². The summed E-state index contributed by atoms with van der Waals surface area (Å²) in [7, 11) is 1.13. The maximum atomic E-state index is 13.9. The van der Waals surface area contributed by atoms with Gasteiger partial charge in [0.05, 0.1) is 7.11 Å². The van der Waals surface area contributed by atoms with Gasteiger partial charge in [-0.1, -0.05) is 0 Å². The summed E-state index contributed by atoms with van der Waals surface area (Å²) >= 11 is 0.847. The summed E-state index contributed by atoms with van der Waals surface area (Å²) in [4.78, 5) is 11.3. The Hall–Kier alpha value is -2.54. The van der Waals surface area contributed by atoms with Gasteiger partial charge in [-0.15, -0.1) is 11.3 Å². The van der Waals surface area contributed by atoms with Gasteiger partial charge in [-0.2, -0.15) is 0 Å². The molecule has 0 bridgehead atoms. The number of methoxy groups -OCH3 is 1. The number of carbonyl (C=O) groups is 1. The quantitative estimate of drug-likeness (QED) is 0.753. The van der Waals surface area contributed by atoms with Gasteiger partial charge in [0.2, 0.25) is 0 Å². The van der Waals surface area contributed by atoms with E-state index in [1.807, 2.05) is 0 Å². The van der Waals surface area contributed by atoms with Gasteiger partial charge in [0.1, 0.15) is 10.7 Å². The van der Waals surface area contributed by atoms with Crippen LogP contribution in [0.5, 0.6) is 5.75 Å². The maximum absolute atomic E-state index is 13.9. The second-order valence-corrected chi connectivity index (χ2v) is 5.78. The van der Waals surface area contributed by atoms with Gasteiger partial charge in [0.25, 0.3) is 0 Å². The lowest BCUT2D eigenvalue weighted by atomic mass is 10.0. The van der Waals surface area contributed by atoms with Crippen LogP contribution in [-0.4, -0.2) is 18.2 Å². The number of carboxylic acid groups (broad SMARTS) is 1. The lowest BCUT2D eigenvalue weighted by molar-refractivity contribution is 0.0703. The van der Waals surface area contributed by atoms with E-state index in [-0.39, 0.29) is 16.0 Å². The Balaban J connectivity index is 2.35. The molecule has 0 aliphatic carbocycles. The van der Waals surface area contributed by atoms with Gasteiger partial charge in [0.15, 0.2) is 17.4 Å². The van der Waals surface area contributed by atoms with E-state index in [0.717, 1.165) is 30.6 Å². The number of halogens is 3. The Morgan fingerprint density at radius 2 is 1.78 bits per heavy atom. The van der Waals surface area contributed by atoms with Crippen LogP contribution in [0, 0.1) is 17.5 Å². The van der Waals surface area contributed by atoms with Crippen LogP contribution in [-0.2, 0) is 0 Å². The molecule has 2 aromatic carbocycles. The largest absolute Gasteiger partial charge is 0.491 e. The molecule has 0 radical (unpaired) electrons. The summed E-state index contributed by atoms with van der Waals surface area (Å²) < 4.78 is 46.2. The molecule has 0 spiro atoms. The third kappa shape index (κ3) is 2.53. The highest BCUT2D eigenvalue weighted by Crippen LogP contribution is 2.40. The number of fused-ring (bicyclic) bond motifs is 1. The topological polar surface area (TPSA) is 46.5 Å². The van der Waals surface area contributed by atoms with Crippen LogP contribution in [0.1, 0.15) is 9.67 Å². The molecular formula is C16H9F3O3S. The van der Waals surface area contributed by atoms with E-state index in [1.54, 1.807) is 0 Å². The Bertz CT molecular complexity index is 911. The summed E-state index contributed by atoms with van der Waals surface area (Å²) in [5.41, 5.74) is 0.203. The van der Waals surface area contributed by atoms with Crippen molar-refractivity contribution in [3.63, 3.8) is 0 Å². The molecule has 0 amide bonds. The van der Waals surface area contributed by atoms with Crippen LogP contribution in [0.4, 0.5) is 13.2 Å². The zero-order valence-electron chi connectivity index (χ0n) is 11.7. The van der Waals surface area contributed by atoms with Crippen LogP contribution < -0.4 is 4.74 Å². The van der Waals surface area contributed by atoms with Crippen molar-refractivity contribution in [2.75, 3.05) is 7.11 Å². The van der Waals surface area contributed by atoms with Crippen molar-refractivity contribution >= 4 is 27.4 Å². The molecule has 3 aromatic rings. The molecule has 118 valence electrons. The molecule has 23 heavy (non-hydrogen) atoms. The Morgan fingerprint density at radius 1 is 1.13 bits per heavy atom. The number of benzene rings is 2. The zero-order chi connectivity index (χ0) is 16.7. The highest BCUT2D eigenvalue weighted by atomic mass is 32.1. The maximum Gasteiger partial charge on any atom is 0.346 e. The summed E-state index contributed by atoms with van der Waals surface area (Å²) in [5.74, 6) is -4.20. The Labute approximate surface area is 132 Å². The minimum Gasteiger partial charge on any atom is -0.491 e. The van der Waals surface area contributed by atoms with Crippen LogP contribution in [0.2, 0.25) is 0 Å². The van der Waals surface area contributed by atoms with Crippen molar-refractivity contribution in [2.45, 2.75) is 0 Å². The van der Waals surface area contributed by atoms with Crippen LogP contribution in [0.15, 0.2) is 30.3 Å². The first-order chi connectivity index (χ1) is 10.9. The van der Waals surface area contributed by atoms with Gasteiger partial charge >= 0.3 is 5.97 Å². The highest BCUT2D eigenvalue weighted by molar-refractivity contribution is 7.21. The van der Waals surface area contributed by atoms with Crippen molar-refractivity contribution < 1.29 is 27.8 Å². The fraction of sp³-hybridized carbons (Fsp3) is 0.0625. The third-order valence-electron chi connectivity index (χ3n) is 3.34. The predicted molar refractivity (Wildman–Crippen MR) is 80.6 cm³/mol. The molecule has 0 unspecified atom stereocenters. The highest BCUT2D eigenvalue weighted by Gasteiger charge is 2.22. The number of aromatic carboxylic acids is 1. The Kier molecular flexibility index (Phi) is 3.73. The van der Waals surface area contributed by atoms with E-state index in [4.69, 9.17) is 0 Å². The molecule has 7 heteroatoms. The first-order valence-corrected chi connectivity index (χ1v) is 7.22. The molecule has 1 N–H and O–H groups in total. The number of rotatable bonds is 3. The standard InChI is InChI=1S/C16H9F3O3S/c1-22-14-10(18)4-7(5-11(14)19)13-9-3-2-8(17)6-12(9)23-15(13)16(20)21/h2-6H,1H3,(H,20,21). The van der Waals surface area contributed by atoms with Crippen molar-refractivity contribution in [2.24, 2.45) is 0 Å². The molecule has 0 saturated carbocycles. The van der Waals surface area contributed by atoms with Gasteiger partial charge < -0.3 is 9.84 Å². The number of thiophene rings is 1. The summed E-state index contributed by atoms with van der Waals surface area (Å²) in [6.45, 7) is 0. The second-order valence-electron chi connectivity index (χ2n) is 4.72. The van der Waals surface area contributed by atoms with Crippen LogP contribution >= 0.6 is 11.3 Å². The van der Waals surface area contributed by atoms with Crippen molar-refractivity contribution in [1.29, 1.82) is 0 Å². The zero-order valence-corrected chi connectivity index (χ0v) is 12.5. The summed E-state index contributed by atoms with van der Waals surface area (Å²) in [6.07, 6.45) is 0. The average molecular weight is 338 g/mol. The van der Waals surface area contributed by atoms with Crippen LogP contribution in [0.3, 0.4) is 0 Å². The van der Waals surface area contributed by atoms with E-state index < -0.39 is 29.2 Å². The van der Waals surface area contributed by atoms with Gasteiger partial charge in [-0.05, 0) is 35.9 Å². The minimum atomic E-state index is -1.25. The van der Waals surface area contributed by atoms with Crippen molar-refractivity contribution in [3.05, 3.63) is 52.7 Å². The Morgan fingerprint density at radius 3 is 2.35 bits per heavy atom. The molecule has 3 nitrogen and oxygen atoms in total. The number of hydrogen-bond acceptors (Lipinski definition) is 3. The van der Waals surface area contributed by atoms with E-state index in [2.05, 4.69) is 4.74 Å². The second kappa shape index (κ2) is 5.58. The van der Waals surface area contributed by atoms with E-state index >= 15 is 0 Å². The number of carboxylic acids is 1. The van der Waals surface area contributed by atoms with Gasteiger partial charge in [-0.25, -0.2) is 18.0 Å². The average Bonchev–Trinajstić information content (AvgIpc) is 2.85. The molecule has 0 aliphatic heterocycles. The monoisotopic (exact) mass is 338 g/mol. The fourth-order valence-electron chi connectivity index (χ4n) is 2.41. The lowest BCUT2D eigenvalue weighted by Gasteiger charge is -2.08. The third-order valence-corrected chi connectivity index (χ3v) is 4.48.